The van der Waals surface area contributed by atoms with Gasteiger partial charge in [0.05, 0.1) is 24.3 Å². The van der Waals surface area contributed by atoms with E-state index in [-0.39, 0.29) is 18.3 Å². The lowest BCUT2D eigenvalue weighted by atomic mass is 10.3. The average molecular weight is 428 g/mol. The number of hydrogen-bond acceptors (Lipinski definition) is 5. The first-order valence-electron chi connectivity index (χ1n) is 7.99. The zero-order valence-electron chi connectivity index (χ0n) is 13.9. The van der Waals surface area contributed by atoms with Crippen molar-refractivity contribution in [2.24, 2.45) is 0 Å². The summed E-state index contributed by atoms with van der Waals surface area (Å²) in [6, 6.07) is 12.7. The van der Waals surface area contributed by atoms with Crippen LogP contribution in [-0.4, -0.2) is 25.9 Å². The normalized spacial score (nSPS) is 10.7. The minimum atomic E-state index is -0.350. The topological polar surface area (TPSA) is 98.0 Å². The van der Waals surface area contributed by atoms with E-state index in [1.165, 1.54) is 0 Å². The third kappa shape index (κ3) is 4.09. The standard InChI is InChI=1S/C18H14BrN5O3/c19-12-3-5-14(6-4-12)27-11-24-10-13(9-20-24)21-18(25)16-8-15(22-23-16)17-2-1-7-26-17/h1-10H,11H2,(H,21,25)(H,22,23). The number of carbonyl (C=O) groups is 1. The number of aromatic amines is 1. The van der Waals surface area contributed by atoms with E-state index < -0.39 is 0 Å². The Kier molecular flexibility index (Phi) is 4.75. The van der Waals surface area contributed by atoms with Gasteiger partial charge in [0.15, 0.2) is 18.2 Å². The second kappa shape index (κ2) is 7.50. The number of hydrogen-bond donors (Lipinski definition) is 2. The Morgan fingerprint density at radius 1 is 1.30 bits per heavy atom. The maximum atomic E-state index is 12.3. The number of nitrogens with one attached hydrogen (secondary N) is 2. The molecule has 1 aromatic carbocycles. The zero-order valence-corrected chi connectivity index (χ0v) is 15.5. The number of carbonyl (C=O) groups excluding carboxylic acids is 1. The first kappa shape index (κ1) is 17.1. The molecule has 136 valence electrons. The fourth-order valence-corrected chi connectivity index (χ4v) is 2.63. The predicted octanol–water partition coefficient (Wildman–Crippen LogP) is 3.92. The first-order valence-corrected chi connectivity index (χ1v) is 8.78. The number of anilines is 1. The molecule has 2 N–H and O–H groups in total. The van der Waals surface area contributed by atoms with Gasteiger partial charge >= 0.3 is 0 Å². The van der Waals surface area contributed by atoms with Crippen LogP contribution in [0.5, 0.6) is 5.75 Å². The van der Waals surface area contributed by atoms with Crippen LogP contribution in [0, 0.1) is 0 Å². The molecule has 4 aromatic rings. The molecular weight excluding hydrogens is 414 g/mol. The van der Waals surface area contributed by atoms with Crippen molar-refractivity contribution in [2.75, 3.05) is 5.32 Å². The lowest BCUT2D eigenvalue weighted by Crippen LogP contribution is -2.12. The zero-order chi connectivity index (χ0) is 18.6. The molecule has 0 atom stereocenters. The van der Waals surface area contributed by atoms with Gasteiger partial charge in [0.2, 0.25) is 0 Å². The Bertz CT molecular complexity index is 1040. The van der Waals surface area contributed by atoms with Gasteiger partial charge in [-0.15, -0.1) is 0 Å². The molecular formula is C18H14BrN5O3. The maximum absolute atomic E-state index is 12.3. The third-order valence-electron chi connectivity index (χ3n) is 3.67. The van der Waals surface area contributed by atoms with Gasteiger partial charge in [-0.3, -0.25) is 9.89 Å². The van der Waals surface area contributed by atoms with E-state index in [1.54, 1.807) is 41.5 Å². The molecule has 9 heteroatoms. The monoisotopic (exact) mass is 427 g/mol. The smallest absolute Gasteiger partial charge is 0.276 e. The van der Waals surface area contributed by atoms with Crippen LogP contribution < -0.4 is 10.1 Å². The number of furan rings is 1. The van der Waals surface area contributed by atoms with Gasteiger partial charge in [-0.2, -0.15) is 10.2 Å². The van der Waals surface area contributed by atoms with Gasteiger partial charge in [-0.1, -0.05) is 15.9 Å². The number of benzene rings is 1. The second-order valence-electron chi connectivity index (χ2n) is 5.59. The van der Waals surface area contributed by atoms with Gasteiger partial charge in [-0.05, 0) is 36.4 Å². The summed E-state index contributed by atoms with van der Waals surface area (Å²) in [5, 5.41) is 13.7. The Hall–Kier alpha value is -3.33. The van der Waals surface area contributed by atoms with Crippen LogP contribution >= 0.6 is 15.9 Å². The summed E-state index contributed by atoms with van der Waals surface area (Å²) in [5.41, 5.74) is 1.42. The molecule has 0 radical (unpaired) electrons. The number of halogens is 1. The van der Waals surface area contributed by atoms with Gasteiger partial charge in [-0.25, -0.2) is 4.68 Å². The summed E-state index contributed by atoms with van der Waals surface area (Å²) >= 11 is 3.37. The number of aromatic nitrogens is 4. The van der Waals surface area contributed by atoms with Crippen molar-refractivity contribution in [3.63, 3.8) is 0 Å². The molecule has 0 aliphatic carbocycles. The number of amides is 1. The van der Waals surface area contributed by atoms with Crippen molar-refractivity contribution in [3.8, 4) is 17.2 Å². The Morgan fingerprint density at radius 2 is 2.15 bits per heavy atom. The molecule has 0 saturated heterocycles. The van der Waals surface area contributed by atoms with Crippen molar-refractivity contribution in [2.45, 2.75) is 6.73 Å². The number of H-pyrrole nitrogens is 1. The number of nitrogens with zero attached hydrogens (tertiary/aromatic N) is 3. The number of rotatable bonds is 6. The molecule has 8 nitrogen and oxygen atoms in total. The van der Waals surface area contributed by atoms with Crippen LogP contribution in [0.25, 0.3) is 11.5 Å². The quantitative estimate of drug-likeness (QED) is 0.485. The van der Waals surface area contributed by atoms with Crippen molar-refractivity contribution in [1.29, 1.82) is 0 Å². The Morgan fingerprint density at radius 3 is 2.93 bits per heavy atom. The highest BCUT2D eigenvalue weighted by Gasteiger charge is 2.13. The van der Waals surface area contributed by atoms with Crippen molar-refractivity contribution < 1.29 is 13.9 Å². The lowest BCUT2D eigenvalue weighted by Gasteiger charge is -2.05. The van der Waals surface area contributed by atoms with Crippen LogP contribution in [-0.2, 0) is 6.73 Å². The van der Waals surface area contributed by atoms with E-state index in [4.69, 9.17) is 9.15 Å². The molecule has 27 heavy (non-hydrogen) atoms. The van der Waals surface area contributed by atoms with E-state index in [2.05, 4.69) is 36.5 Å². The van der Waals surface area contributed by atoms with E-state index in [1.807, 2.05) is 24.3 Å². The van der Waals surface area contributed by atoms with E-state index in [0.29, 0.717) is 17.1 Å². The van der Waals surface area contributed by atoms with Crippen molar-refractivity contribution in [3.05, 3.63) is 71.3 Å². The highest BCUT2D eigenvalue weighted by Crippen LogP contribution is 2.19. The van der Waals surface area contributed by atoms with E-state index in [9.17, 15) is 4.79 Å². The summed E-state index contributed by atoms with van der Waals surface area (Å²) in [6.45, 7) is 0.225. The molecule has 0 unspecified atom stereocenters. The second-order valence-corrected chi connectivity index (χ2v) is 6.51. The fourth-order valence-electron chi connectivity index (χ4n) is 2.36. The molecule has 0 spiro atoms. The molecule has 0 saturated carbocycles. The minimum Gasteiger partial charge on any atom is -0.471 e. The largest absolute Gasteiger partial charge is 0.471 e. The van der Waals surface area contributed by atoms with Crippen LogP contribution in [0.3, 0.4) is 0 Å². The van der Waals surface area contributed by atoms with Crippen LogP contribution in [0.2, 0.25) is 0 Å². The van der Waals surface area contributed by atoms with Crippen LogP contribution in [0.1, 0.15) is 10.5 Å². The molecule has 3 heterocycles. The molecule has 1 amide bonds. The third-order valence-corrected chi connectivity index (χ3v) is 4.19. The van der Waals surface area contributed by atoms with Gasteiger partial charge in [0.1, 0.15) is 11.4 Å². The molecule has 0 aliphatic heterocycles. The Balaban J connectivity index is 1.36. The highest BCUT2D eigenvalue weighted by molar-refractivity contribution is 9.10. The number of ether oxygens (including phenoxy) is 1. The van der Waals surface area contributed by atoms with Crippen molar-refractivity contribution >= 4 is 27.5 Å². The van der Waals surface area contributed by atoms with E-state index in [0.717, 1.165) is 10.2 Å². The molecule has 4 rings (SSSR count). The highest BCUT2D eigenvalue weighted by atomic mass is 79.9. The van der Waals surface area contributed by atoms with Gasteiger partial charge < -0.3 is 14.5 Å². The van der Waals surface area contributed by atoms with Gasteiger partial charge in [0.25, 0.3) is 5.91 Å². The predicted molar refractivity (Wildman–Crippen MR) is 101 cm³/mol. The van der Waals surface area contributed by atoms with Crippen LogP contribution in [0.15, 0.2) is 70.0 Å². The maximum Gasteiger partial charge on any atom is 0.276 e. The summed E-state index contributed by atoms with van der Waals surface area (Å²) in [6.07, 6.45) is 4.78. The van der Waals surface area contributed by atoms with E-state index >= 15 is 0 Å². The fraction of sp³-hybridized carbons (Fsp3) is 0.0556. The van der Waals surface area contributed by atoms with Crippen molar-refractivity contribution in [1.82, 2.24) is 20.0 Å². The first-order chi connectivity index (χ1) is 13.2. The summed E-state index contributed by atoms with van der Waals surface area (Å²) in [5.74, 6) is 0.984. The summed E-state index contributed by atoms with van der Waals surface area (Å²) < 4.78 is 13.5. The molecule has 3 aromatic heterocycles. The van der Waals surface area contributed by atoms with Gasteiger partial charge in [0, 0.05) is 10.5 Å². The Labute approximate surface area is 162 Å². The molecule has 0 fully saturated rings. The SMILES string of the molecule is O=C(Nc1cnn(COc2ccc(Br)cc2)c1)c1cc(-c2ccco2)[nH]n1. The summed E-state index contributed by atoms with van der Waals surface area (Å²) in [7, 11) is 0. The lowest BCUT2D eigenvalue weighted by molar-refractivity contribution is 0.102. The average Bonchev–Trinajstić information content (AvgIpc) is 3.42. The van der Waals surface area contributed by atoms with Crippen LogP contribution in [0.4, 0.5) is 5.69 Å². The minimum absolute atomic E-state index is 0.225. The summed E-state index contributed by atoms with van der Waals surface area (Å²) in [4.78, 5) is 12.3. The molecule has 0 bridgehead atoms. The molecule has 0 aliphatic rings.